The Kier molecular flexibility index (Phi) is 9.61. The molecule has 0 amide bonds. The molecule has 1 aliphatic heterocycles. The third-order valence-electron chi connectivity index (χ3n) is 5.17. The zero-order valence-corrected chi connectivity index (χ0v) is 18.7. The van der Waals surface area contributed by atoms with Crippen molar-refractivity contribution in [3.05, 3.63) is 33.2 Å². The lowest BCUT2D eigenvalue weighted by Gasteiger charge is -2.32. The summed E-state index contributed by atoms with van der Waals surface area (Å²) in [6.07, 6.45) is -1.34. The van der Waals surface area contributed by atoms with E-state index in [9.17, 15) is 14.4 Å². The van der Waals surface area contributed by atoms with Crippen LogP contribution >= 0.6 is 0 Å². The summed E-state index contributed by atoms with van der Waals surface area (Å²) in [7, 11) is 0. The van der Waals surface area contributed by atoms with Gasteiger partial charge in [0.15, 0.2) is 24.1 Å². The molecule has 0 radical (unpaired) electrons. The Morgan fingerprint density at radius 1 is 1.33 bits per heavy atom. The first-order valence-electron chi connectivity index (χ1n) is 10.8. The Labute approximate surface area is 189 Å². The van der Waals surface area contributed by atoms with E-state index >= 15 is 4.39 Å². The Bertz CT molecular complexity index is 936. The van der Waals surface area contributed by atoms with Gasteiger partial charge >= 0.3 is 17.6 Å². The lowest BCUT2D eigenvalue weighted by molar-refractivity contribution is -0.176. The average molecular weight is 468 g/mol. The van der Waals surface area contributed by atoms with Gasteiger partial charge in [-0.2, -0.15) is 4.98 Å². The van der Waals surface area contributed by atoms with Gasteiger partial charge < -0.3 is 19.9 Å². The summed E-state index contributed by atoms with van der Waals surface area (Å²) in [6.45, 7) is 2.72. The number of anilines is 1. The third-order valence-corrected chi connectivity index (χ3v) is 5.17. The molecule has 33 heavy (non-hydrogen) atoms. The highest BCUT2D eigenvalue weighted by molar-refractivity contribution is 5.70. The number of unbranched alkanes of at least 4 members (excludes halogenated alkanes) is 2. The number of carbonyl (C=O) groups excluding carboxylic acids is 2. The summed E-state index contributed by atoms with van der Waals surface area (Å²) in [6, 6.07) is 1.28. The van der Waals surface area contributed by atoms with E-state index in [-0.39, 0.29) is 18.7 Å². The fourth-order valence-corrected chi connectivity index (χ4v) is 3.37. The van der Waals surface area contributed by atoms with Crippen LogP contribution in [0.15, 0.2) is 22.2 Å². The summed E-state index contributed by atoms with van der Waals surface area (Å²) < 4.78 is 33.0. The molecule has 2 rings (SSSR count). The number of hydrogen-bond donors (Lipinski definition) is 1. The number of hydrogen-bond acceptors (Lipinski definition) is 9. The first kappa shape index (κ1) is 26.1. The standard InChI is InChI=1S/C20H29FN6O6/c1-3-5-7-14(28)31-12-20(11-24-26-23)17(32-15(29)8-6-4-2)16(21)18(33-20)27-10-9-13(22)25-19(27)30/h9-10,16-18H,3-8,11-12H2,1-2H3,(H2,22,25,30)/t16-,17+,18-,20-/m1/s1. The Morgan fingerprint density at radius 3 is 2.61 bits per heavy atom. The van der Waals surface area contributed by atoms with E-state index in [1.54, 1.807) is 0 Å². The largest absolute Gasteiger partial charge is 0.462 e. The molecule has 2 N–H and O–H groups in total. The number of alkyl halides is 1. The van der Waals surface area contributed by atoms with Gasteiger partial charge in [0.2, 0.25) is 0 Å². The molecule has 1 aliphatic rings. The van der Waals surface area contributed by atoms with Crippen LogP contribution in [0, 0.1) is 0 Å². The number of nitrogens with zero attached hydrogens (tertiary/aromatic N) is 5. The van der Waals surface area contributed by atoms with E-state index in [1.807, 2.05) is 13.8 Å². The molecule has 12 nitrogen and oxygen atoms in total. The maximum absolute atomic E-state index is 15.7. The van der Waals surface area contributed by atoms with Crippen molar-refractivity contribution in [2.24, 2.45) is 5.11 Å². The van der Waals surface area contributed by atoms with Crippen molar-refractivity contribution in [3.63, 3.8) is 0 Å². The van der Waals surface area contributed by atoms with Crippen molar-refractivity contribution >= 4 is 17.8 Å². The maximum Gasteiger partial charge on any atom is 0.351 e. The van der Waals surface area contributed by atoms with E-state index in [2.05, 4.69) is 15.0 Å². The number of nitrogen functional groups attached to an aromatic ring is 1. The fourth-order valence-electron chi connectivity index (χ4n) is 3.37. The molecule has 0 aromatic carbocycles. The fraction of sp³-hybridized carbons (Fsp3) is 0.700. The van der Waals surface area contributed by atoms with Gasteiger partial charge in [0, 0.05) is 24.0 Å². The quantitative estimate of drug-likeness (QED) is 0.211. The van der Waals surface area contributed by atoms with Gasteiger partial charge in [0.25, 0.3) is 0 Å². The molecule has 0 bridgehead atoms. The minimum Gasteiger partial charge on any atom is -0.462 e. The van der Waals surface area contributed by atoms with Crippen LogP contribution in [0.25, 0.3) is 10.4 Å². The second-order valence-electron chi connectivity index (χ2n) is 7.73. The van der Waals surface area contributed by atoms with Gasteiger partial charge in [-0.05, 0) is 24.4 Å². The normalized spacial score (nSPS) is 24.2. The molecule has 1 fully saturated rings. The van der Waals surface area contributed by atoms with E-state index in [0.29, 0.717) is 19.3 Å². The number of carbonyl (C=O) groups is 2. The van der Waals surface area contributed by atoms with E-state index in [4.69, 9.17) is 25.5 Å². The van der Waals surface area contributed by atoms with Crippen molar-refractivity contribution in [1.29, 1.82) is 0 Å². The molecule has 0 spiro atoms. The van der Waals surface area contributed by atoms with Gasteiger partial charge in [-0.3, -0.25) is 14.2 Å². The van der Waals surface area contributed by atoms with Crippen LogP contribution in [0.3, 0.4) is 0 Å². The SMILES string of the molecule is CCCCC(=O)OC[C@@]1(CN=[N+]=[N-])O[C@@H](n2ccc(N)nc2=O)[C@H](F)[C@@H]1OC(=O)CCCC. The van der Waals surface area contributed by atoms with E-state index < -0.39 is 54.9 Å². The van der Waals surface area contributed by atoms with Gasteiger partial charge in [-0.25, -0.2) is 9.18 Å². The minimum absolute atomic E-state index is 0.0294. The lowest BCUT2D eigenvalue weighted by Crippen LogP contribution is -2.51. The number of ether oxygens (including phenoxy) is 3. The molecule has 2 heterocycles. The second kappa shape index (κ2) is 12.2. The zero-order valence-electron chi connectivity index (χ0n) is 18.7. The molecule has 0 saturated carbocycles. The first-order valence-corrected chi connectivity index (χ1v) is 10.8. The number of nitrogens with two attached hydrogens (primary N) is 1. The summed E-state index contributed by atoms with van der Waals surface area (Å²) >= 11 is 0. The summed E-state index contributed by atoms with van der Waals surface area (Å²) in [4.78, 5) is 43.0. The molecule has 1 saturated heterocycles. The third kappa shape index (κ3) is 6.65. The Hall–Kier alpha value is -3.18. The van der Waals surface area contributed by atoms with Gasteiger partial charge in [0.1, 0.15) is 12.4 Å². The molecular formula is C20H29FN6O6. The van der Waals surface area contributed by atoms with Crippen LogP contribution < -0.4 is 11.4 Å². The average Bonchev–Trinajstić information content (AvgIpc) is 3.05. The number of azide groups is 1. The van der Waals surface area contributed by atoms with Crippen LogP contribution in [0.2, 0.25) is 0 Å². The molecule has 13 heteroatoms. The molecule has 4 atom stereocenters. The molecule has 0 aliphatic carbocycles. The van der Waals surface area contributed by atoms with Gasteiger partial charge in [-0.1, -0.05) is 31.8 Å². The van der Waals surface area contributed by atoms with Crippen molar-refractivity contribution in [2.75, 3.05) is 18.9 Å². The van der Waals surface area contributed by atoms with Crippen LogP contribution in [-0.2, 0) is 23.8 Å². The van der Waals surface area contributed by atoms with Gasteiger partial charge in [-0.15, -0.1) is 0 Å². The minimum atomic E-state index is -2.05. The smallest absolute Gasteiger partial charge is 0.351 e. The zero-order chi connectivity index (χ0) is 24.4. The predicted octanol–water partition coefficient (Wildman–Crippen LogP) is 2.58. The molecule has 1 aromatic rings. The van der Waals surface area contributed by atoms with Crippen molar-refractivity contribution in [3.8, 4) is 0 Å². The van der Waals surface area contributed by atoms with Crippen LogP contribution in [0.1, 0.15) is 58.6 Å². The number of halogens is 1. The Balaban J connectivity index is 2.42. The summed E-state index contributed by atoms with van der Waals surface area (Å²) in [5.41, 5.74) is 11.6. The molecule has 182 valence electrons. The van der Waals surface area contributed by atoms with Crippen molar-refractivity contribution < 1.29 is 28.2 Å². The number of rotatable bonds is 12. The summed E-state index contributed by atoms with van der Waals surface area (Å²) in [5.74, 6) is -1.33. The first-order chi connectivity index (χ1) is 15.8. The van der Waals surface area contributed by atoms with Crippen molar-refractivity contribution in [2.45, 2.75) is 76.5 Å². The number of aromatic nitrogens is 2. The van der Waals surface area contributed by atoms with Gasteiger partial charge in [0.05, 0.1) is 6.54 Å². The topological polar surface area (TPSA) is 171 Å². The highest BCUT2D eigenvalue weighted by Crippen LogP contribution is 2.41. The highest BCUT2D eigenvalue weighted by atomic mass is 19.1. The molecule has 1 aromatic heterocycles. The van der Waals surface area contributed by atoms with Crippen molar-refractivity contribution in [1.82, 2.24) is 9.55 Å². The summed E-state index contributed by atoms with van der Waals surface area (Å²) in [5, 5.41) is 3.47. The predicted molar refractivity (Wildman–Crippen MR) is 115 cm³/mol. The monoisotopic (exact) mass is 468 g/mol. The van der Waals surface area contributed by atoms with Crippen LogP contribution in [0.4, 0.5) is 10.2 Å². The van der Waals surface area contributed by atoms with Crippen LogP contribution in [0.5, 0.6) is 0 Å². The van der Waals surface area contributed by atoms with Crippen LogP contribution in [-0.4, -0.2) is 52.5 Å². The maximum atomic E-state index is 15.7. The van der Waals surface area contributed by atoms with E-state index in [1.165, 1.54) is 12.3 Å². The second-order valence-corrected chi connectivity index (χ2v) is 7.73. The molecular weight excluding hydrogens is 439 g/mol. The highest BCUT2D eigenvalue weighted by Gasteiger charge is 2.59. The van der Waals surface area contributed by atoms with E-state index in [0.717, 1.165) is 11.0 Å². The Morgan fingerprint density at radius 2 is 2.00 bits per heavy atom. The lowest BCUT2D eigenvalue weighted by atomic mass is 9.96. The molecule has 0 unspecified atom stereocenters. The number of esters is 2.